The molecule has 0 aliphatic carbocycles. The molecule has 1 aromatic heterocycles. The van der Waals surface area contributed by atoms with Crippen molar-refractivity contribution in [1.29, 1.82) is 5.26 Å². The van der Waals surface area contributed by atoms with Gasteiger partial charge in [-0.05, 0) is 18.2 Å². The molecule has 0 saturated heterocycles. The Bertz CT molecular complexity index is 522. The molecule has 0 aliphatic heterocycles. The number of nitriles is 1. The lowest BCUT2D eigenvalue weighted by Crippen LogP contribution is -1.96. The number of fused-ring (bicyclic) bond motifs is 1. The van der Waals surface area contributed by atoms with E-state index in [9.17, 15) is 0 Å². The van der Waals surface area contributed by atoms with Crippen LogP contribution in [0.4, 0.5) is 0 Å². The third kappa shape index (κ3) is 1.15. The van der Waals surface area contributed by atoms with Gasteiger partial charge in [-0.3, -0.25) is 0 Å². The molecule has 14 heavy (non-hydrogen) atoms. The topological polar surface area (TPSA) is 61.8 Å². The number of rotatable bonds is 1. The van der Waals surface area contributed by atoms with Crippen molar-refractivity contribution < 1.29 is 5.11 Å². The number of aromatic nitrogens is 2. The van der Waals surface area contributed by atoms with Crippen molar-refractivity contribution in [3.8, 4) is 6.07 Å². The average molecular weight is 187 g/mol. The van der Waals surface area contributed by atoms with Crippen molar-refractivity contribution in [2.75, 3.05) is 0 Å². The zero-order valence-corrected chi connectivity index (χ0v) is 7.73. The molecule has 0 amide bonds. The minimum Gasteiger partial charge on any atom is -0.388 e. The Kier molecular flexibility index (Phi) is 1.95. The number of imidazole rings is 1. The van der Waals surface area contributed by atoms with Gasteiger partial charge in [0.2, 0.25) is 0 Å². The number of benzene rings is 1. The van der Waals surface area contributed by atoms with E-state index < -0.39 is 0 Å². The first-order chi connectivity index (χ1) is 6.76. The van der Waals surface area contributed by atoms with Gasteiger partial charge in [-0.1, -0.05) is 0 Å². The lowest BCUT2D eigenvalue weighted by Gasteiger charge is -1.96. The van der Waals surface area contributed by atoms with Gasteiger partial charge in [0.25, 0.3) is 0 Å². The molecule has 0 unspecified atom stereocenters. The van der Waals surface area contributed by atoms with E-state index in [0.29, 0.717) is 11.4 Å². The maximum absolute atomic E-state index is 9.00. The summed E-state index contributed by atoms with van der Waals surface area (Å²) in [5, 5.41) is 17.7. The third-order valence-electron chi connectivity index (χ3n) is 2.24. The summed E-state index contributed by atoms with van der Waals surface area (Å²) in [5.41, 5.74) is 2.25. The molecule has 2 aromatic rings. The molecule has 0 fully saturated rings. The van der Waals surface area contributed by atoms with Crippen LogP contribution in [0, 0.1) is 11.3 Å². The smallest absolute Gasteiger partial charge is 0.135 e. The summed E-state index contributed by atoms with van der Waals surface area (Å²) in [6.45, 7) is -0.0902. The van der Waals surface area contributed by atoms with Gasteiger partial charge in [-0.25, -0.2) is 4.98 Å². The van der Waals surface area contributed by atoms with E-state index in [0.717, 1.165) is 11.0 Å². The van der Waals surface area contributed by atoms with Crippen LogP contribution in [-0.2, 0) is 13.7 Å². The molecule has 2 rings (SSSR count). The Morgan fingerprint density at radius 2 is 2.36 bits per heavy atom. The molecule has 4 heteroatoms. The summed E-state index contributed by atoms with van der Waals surface area (Å²) in [6, 6.07) is 7.35. The first-order valence-electron chi connectivity index (χ1n) is 4.22. The molecule has 0 atom stereocenters. The number of nitrogens with zero attached hydrogens (tertiary/aromatic N) is 3. The predicted molar refractivity (Wildman–Crippen MR) is 51.4 cm³/mol. The Hall–Kier alpha value is -1.86. The Labute approximate surface area is 81.0 Å². The van der Waals surface area contributed by atoms with Crippen LogP contribution >= 0.6 is 0 Å². The molecule has 0 saturated carbocycles. The molecular formula is C10H9N3O. The van der Waals surface area contributed by atoms with Gasteiger partial charge in [0.05, 0.1) is 22.7 Å². The van der Waals surface area contributed by atoms with Crippen molar-refractivity contribution in [2.24, 2.45) is 7.05 Å². The summed E-state index contributed by atoms with van der Waals surface area (Å²) >= 11 is 0. The summed E-state index contributed by atoms with van der Waals surface area (Å²) in [5.74, 6) is 0.607. The van der Waals surface area contributed by atoms with E-state index in [4.69, 9.17) is 10.4 Å². The first-order valence-corrected chi connectivity index (χ1v) is 4.22. The van der Waals surface area contributed by atoms with Gasteiger partial charge in [0.15, 0.2) is 0 Å². The normalized spacial score (nSPS) is 10.4. The van der Waals surface area contributed by atoms with Crippen molar-refractivity contribution in [2.45, 2.75) is 6.61 Å². The summed E-state index contributed by atoms with van der Waals surface area (Å²) in [4.78, 5) is 4.20. The molecular weight excluding hydrogens is 178 g/mol. The second-order valence-corrected chi connectivity index (χ2v) is 3.06. The predicted octanol–water partition coefficient (Wildman–Crippen LogP) is 0.937. The van der Waals surface area contributed by atoms with Gasteiger partial charge < -0.3 is 9.67 Å². The molecule has 70 valence electrons. The standard InChI is InChI=1S/C10H9N3O/c1-13-9-3-2-7(5-11)4-8(9)12-10(13)6-14/h2-4,14H,6H2,1H3. The maximum Gasteiger partial charge on any atom is 0.135 e. The second-order valence-electron chi connectivity index (χ2n) is 3.06. The SMILES string of the molecule is Cn1c(CO)nc2cc(C#N)ccc21. The summed E-state index contributed by atoms with van der Waals surface area (Å²) < 4.78 is 1.82. The lowest BCUT2D eigenvalue weighted by atomic mass is 10.2. The van der Waals surface area contributed by atoms with E-state index in [-0.39, 0.29) is 6.61 Å². The molecule has 0 radical (unpaired) electrons. The molecule has 1 N–H and O–H groups in total. The van der Waals surface area contributed by atoms with E-state index in [1.165, 1.54) is 0 Å². The lowest BCUT2D eigenvalue weighted by molar-refractivity contribution is 0.268. The van der Waals surface area contributed by atoms with E-state index in [1.54, 1.807) is 12.1 Å². The van der Waals surface area contributed by atoms with Crippen LogP contribution in [0.2, 0.25) is 0 Å². The van der Waals surface area contributed by atoms with Gasteiger partial charge in [-0.2, -0.15) is 5.26 Å². The molecule has 4 nitrogen and oxygen atoms in total. The third-order valence-corrected chi connectivity index (χ3v) is 2.24. The van der Waals surface area contributed by atoms with Gasteiger partial charge in [0.1, 0.15) is 12.4 Å². The molecule has 0 spiro atoms. The first kappa shape index (κ1) is 8.73. The Balaban J connectivity index is 2.74. The monoisotopic (exact) mass is 187 g/mol. The van der Waals surface area contributed by atoms with Gasteiger partial charge in [0, 0.05) is 7.05 Å². The highest BCUT2D eigenvalue weighted by Crippen LogP contribution is 2.16. The summed E-state index contributed by atoms with van der Waals surface area (Å²) in [6.07, 6.45) is 0. The number of aliphatic hydroxyl groups excluding tert-OH is 1. The van der Waals surface area contributed by atoms with Gasteiger partial charge >= 0.3 is 0 Å². The van der Waals surface area contributed by atoms with Crippen molar-refractivity contribution in [1.82, 2.24) is 9.55 Å². The van der Waals surface area contributed by atoms with Crippen LogP contribution in [0.15, 0.2) is 18.2 Å². The fourth-order valence-electron chi connectivity index (χ4n) is 1.46. The number of aryl methyl sites for hydroxylation is 1. The highest BCUT2D eigenvalue weighted by molar-refractivity contribution is 5.77. The Morgan fingerprint density at radius 3 is 3.00 bits per heavy atom. The Morgan fingerprint density at radius 1 is 1.57 bits per heavy atom. The molecule has 1 aromatic carbocycles. The largest absolute Gasteiger partial charge is 0.388 e. The maximum atomic E-state index is 9.00. The molecule has 0 aliphatic rings. The average Bonchev–Trinajstić information content (AvgIpc) is 2.55. The van der Waals surface area contributed by atoms with Crippen LogP contribution < -0.4 is 0 Å². The van der Waals surface area contributed by atoms with E-state index in [2.05, 4.69) is 11.1 Å². The summed E-state index contributed by atoms with van der Waals surface area (Å²) in [7, 11) is 1.84. The van der Waals surface area contributed by atoms with E-state index in [1.807, 2.05) is 17.7 Å². The highest BCUT2D eigenvalue weighted by atomic mass is 16.3. The second kappa shape index (κ2) is 3.13. The zero-order valence-electron chi connectivity index (χ0n) is 7.73. The van der Waals surface area contributed by atoms with Crippen molar-refractivity contribution >= 4 is 11.0 Å². The van der Waals surface area contributed by atoms with Crippen LogP contribution in [0.1, 0.15) is 11.4 Å². The van der Waals surface area contributed by atoms with Crippen LogP contribution in [0.3, 0.4) is 0 Å². The number of hydrogen-bond donors (Lipinski definition) is 1. The minimum absolute atomic E-state index is 0.0902. The fourth-order valence-corrected chi connectivity index (χ4v) is 1.46. The number of aliphatic hydroxyl groups is 1. The van der Waals surface area contributed by atoms with Crippen LogP contribution in [0.25, 0.3) is 11.0 Å². The quantitative estimate of drug-likeness (QED) is 0.722. The van der Waals surface area contributed by atoms with Gasteiger partial charge in [-0.15, -0.1) is 0 Å². The van der Waals surface area contributed by atoms with E-state index >= 15 is 0 Å². The van der Waals surface area contributed by atoms with Crippen LogP contribution in [0.5, 0.6) is 0 Å². The number of hydrogen-bond acceptors (Lipinski definition) is 3. The molecule has 0 bridgehead atoms. The minimum atomic E-state index is -0.0902. The molecule has 1 heterocycles. The fraction of sp³-hybridized carbons (Fsp3) is 0.200. The van der Waals surface area contributed by atoms with Crippen molar-refractivity contribution in [3.05, 3.63) is 29.6 Å². The zero-order chi connectivity index (χ0) is 10.1. The van der Waals surface area contributed by atoms with Crippen molar-refractivity contribution in [3.63, 3.8) is 0 Å². The van der Waals surface area contributed by atoms with Crippen LogP contribution in [-0.4, -0.2) is 14.7 Å². The highest BCUT2D eigenvalue weighted by Gasteiger charge is 2.06.